The zero-order chi connectivity index (χ0) is 16.5. The van der Waals surface area contributed by atoms with E-state index in [1.54, 1.807) is 17.6 Å². The van der Waals surface area contributed by atoms with Crippen LogP contribution in [0.3, 0.4) is 0 Å². The monoisotopic (exact) mass is 336 g/mol. The number of hydrogen-bond donors (Lipinski definition) is 2. The quantitative estimate of drug-likeness (QED) is 0.438. The number of anilines is 1. The van der Waals surface area contributed by atoms with Crippen molar-refractivity contribution in [1.82, 2.24) is 20.2 Å². The number of hydrazone groups is 1. The van der Waals surface area contributed by atoms with E-state index < -0.39 is 0 Å². The number of hydrogen-bond acceptors (Lipinski definition) is 6. The lowest BCUT2D eigenvalue weighted by Gasteiger charge is -1.97. The van der Waals surface area contributed by atoms with Gasteiger partial charge < -0.3 is 4.98 Å². The van der Waals surface area contributed by atoms with Crippen LogP contribution in [0, 0.1) is 6.92 Å². The standard InChI is InChI=1S/C17H16N6S/c1-3-11-5-7-14-13(8-11)15-16(19-14)20-17(23-21-15)22-18-9-12-6-4-10(2)24-12/h4-9H,3H2,1-2H3,(H2,19,20,22,23)/b18-9+. The molecule has 24 heavy (non-hydrogen) atoms. The van der Waals surface area contributed by atoms with E-state index in [-0.39, 0.29) is 0 Å². The van der Waals surface area contributed by atoms with Crippen LogP contribution in [-0.2, 0) is 6.42 Å². The minimum atomic E-state index is 0.370. The Hall–Kier alpha value is -2.80. The number of rotatable bonds is 4. The predicted molar refractivity (Wildman–Crippen MR) is 98.8 cm³/mol. The van der Waals surface area contributed by atoms with Crippen LogP contribution < -0.4 is 5.43 Å². The molecule has 4 aromatic rings. The maximum Gasteiger partial charge on any atom is 0.265 e. The first-order valence-electron chi connectivity index (χ1n) is 7.73. The van der Waals surface area contributed by atoms with E-state index >= 15 is 0 Å². The third-order valence-electron chi connectivity index (χ3n) is 3.80. The van der Waals surface area contributed by atoms with Crippen molar-refractivity contribution in [3.05, 3.63) is 45.6 Å². The molecule has 0 amide bonds. The van der Waals surface area contributed by atoms with Crippen molar-refractivity contribution in [3.63, 3.8) is 0 Å². The average molecular weight is 336 g/mol. The maximum atomic E-state index is 4.45. The van der Waals surface area contributed by atoms with Gasteiger partial charge >= 0.3 is 0 Å². The fourth-order valence-corrected chi connectivity index (χ4v) is 3.31. The fourth-order valence-electron chi connectivity index (χ4n) is 2.56. The van der Waals surface area contributed by atoms with Crippen LogP contribution in [0.1, 0.15) is 22.2 Å². The third kappa shape index (κ3) is 2.74. The van der Waals surface area contributed by atoms with Crippen molar-refractivity contribution in [2.45, 2.75) is 20.3 Å². The molecule has 120 valence electrons. The van der Waals surface area contributed by atoms with E-state index in [9.17, 15) is 0 Å². The Kier molecular flexibility index (Phi) is 3.70. The van der Waals surface area contributed by atoms with Crippen molar-refractivity contribution in [2.24, 2.45) is 5.10 Å². The van der Waals surface area contributed by atoms with Gasteiger partial charge in [-0.25, -0.2) is 5.43 Å². The lowest BCUT2D eigenvalue weighted by Crippen LogP contribution is -1.98. The van der Waals surface area contributed by atoms with E-state index in [4.69, 9.17) is 0 Å². The number of aromatic nitrogens is 4. The summed E-state index contributed by atoms with van der Waals surface area (Å²) >= 11 is 1.68. The summed E-state index contributed by atoms with van der Waals surface area (Å²) < 4.78 is 0. The first-order chi connectivity index (χ1) is 11.7. The van der Waals surface area contributed by atoms with Crippen LogP contribution in [0.25, 0.3) is 22.1 Å². The highest BCUT2D eigenvalue weighted by Gasteiger charge is 2.09. The summed E-state index contributed by atoms with van der Waals surface area (Å²) in [6, 6.07) is 10.4. The molecule has 0 spiro atoms. The van der Waals surface area contributed by atoms with Crippen LogP contribution in [-0.4, -0.2) is 26.4 Å². The summed E-state index contributed by atoms with van der Waals surface area (Å²) in [4.78, 5) is 10.1. The molecule has 0 aliphatic carbocycles. The summed E-state index contributed by atoms with van der Waals surface area (Å²) in [5.74, 6) is 0.370. The highest BCUT2D eigenvalue weighted by atomic mass is 32.1. The first kappa shape index (κ1) is 14.8. The van der Waals surface area contributed by atoms with Gasteiger partial charge in [-0.2, -0.15) is 10.1 Å². The number of aryl methyl sites for hydroxylation is 2. The van der Waals surface area contributed by atoms with Gasteiger partial charge in [-0.3, -0.25) is 0 Å². The summed E-state index contributed by atoms with van der Waals surface area (Å²) in [5.41, 5.74) is 6.60. The molecule has 0 aliphatic rings. The Balaban J connectivity index is 1.63. The van der Waals surface area contributed by atoms with Crippen LogP contribution in [0.15, 0.2) is 35.4 Å². The first-order valence-corrected chi connectivity index (χ1v) is 8.55. The summed E-state index contributed by atoms with van der Waals surface area (Å²) in [6.45, 7) is 4.20. The predicted octanol–water partition coefficient (Wildman–Crippen LogP) is 3.88. The number of H-pyrrole nitrogens is 1. The zero-order valence-electron chi connectivity index (χ0n) is 13.4. The van der Waals surface area contributed by atoms with Crippen LogP contribution in [0.2, 0.25) is 0 Å². The third-order valence-corrected chi connectivity index (χ3v) is 4.74. The van der Waals surface area contributed by atoms with E-state index in [1.807, 2.05) is 6.07 Å². The van der Waals surface area contributed by atoms with Gasteiger partial charge in [0.2, 0.25) is 0 Å². The number of aromatic amines is 1. The molecule has 6 nitrogen and oxygen atoms in total. The van der Waals surface area contributed by atoms with Gasteiger partial charge in [-0.1, -0.05) is 13.0 Å². The minimum Gasteiger partial charge on any atom is -0.338 e. The van der Waals surface area contributed by atoms with Gasteiger partial charge in [0.15, 0.2) is 5.65 Å². The Morgan fingerprint density at radius 3 is 2.96 bits per heavy atom. The number of thiophene rings is 1. The molecule has 0 unspecified atom stereocenters. The number of nitrogens with zero attached hydrogens (tertiary/aromatic N) is 4. The summed E-state index contributed by atoms with van der Waals surface area (Å²) in [7, 11) is 0. The smallest absolute Gasteiger partial charge is 0.265 e. The molecule has 3 heterocycles. The SMILES string of the molecule is CCc1ccc2[nH]c3nc(N/N=C/c4ccc(C)s4)nnc3c2c1. The Morgan fingerprint density at radius 1 is 1.25 bits per heavy atom. The lowest BCUT2D eigenvalue weighted by atomic mass is 10.1. The molecular formula is C17H16N6S. The highest BCUT2D eigenvalue weighted by molar-refractivity contribution is 7.13. The van der Waals surface area contributed by atoms with E-state index in [0.29, 0.717) is 11.6 Å². The van der Waals surface area contributed by atoms with E-state index in [2.05, 4.69) is 68.8 Å². The molecule has 3 aromatic heterocycles. The average Bonchev–Trinajstić information content (AvgIpc) is 3.17. The molecule has 0 bridgehead atoms. The van der Waals surface area contributed by atoms with Crippen molar-refractivity contribution in [2.75, 3.05) is 5.43 Å². The van der Waals surface area contributed by atoms with Crippen LogP contribution >= 0.6 is 11.3 Å². The van der Waals surface area contributed by atoms with E-state index in [1.165, 1.54) is 10.4 Å². The molecule has 2 N–H and O–H groups in total. The van der Waals surface area contributed by atoms with Gasteiger partial charge in [0.05, 0.1) is 6.21 Å². The van der Waals surface area contributed by atoms with Gasteiger partial charge in [0.25, 0.3) is 5.95 Å². The van der Waals surface area contributed by atoms with Crippen molar-refractivity contribution in [1.29, 1.82) is 0 Å². The Labute approximate surface area is 142 Å². The summed E-state index contributed by atoms with van der Waals surface area (Å²) in [5, 5.41) is 13.6. The van der Waals surface area contributed by atoms with Crippen molar-refractivity contribution >= 4 is 45.6 Å². The summed E-state index contributed by atoms with van der Waals surface area (Å²) in [6.07, 6.45) is 2.74. The highest BCUT2D eigenvalue weighted by Crippen LogP contribution is 2.23. The molecule has 0 aliphatic heterocycles. The largest absolute Gasteiger partial charge is 0.338 e. The zero-order valence-corrected chi connectivity index (χ0v) is 14.2. The number of nitrogens with one attached hydrogen (secondary N) is 2. The van der Waals surface area contributed by atoms with Crippen LogP contribution in [0.5, 0.6) is 0 Å². The molecule has 0 saturated carbocycles. The van der Waals surface area contributed by atoms with Crippen molar-refractivity contribution < 1.29 is 0 Å². The normalized spacial score (nSPS) is 11.8. The molecule has 4 rings (SSSR count). The topological polar surface area (TPSA) is 78.9 Å². The molecule has 7 heteroatoms. The molecule has 0 saturated heterocycles. The van der Waals surface area contributed by atoms with Gasteiger partial charge in [0, 0.05) is 20.7 Å². The van der Waals surface area contributed by atoms with Gasteiger partial charge in [0.1, 0.15) is 5.52 Å². The van der Waals surface area contributed by atoms with Gasteiger partial charge in [-0.15, -0.1) is 21.5 Å². The second-order valence-electron chi connectivity index (χ2n) is 5.51. The molecule has 0 fully saturated rings. The fraction of sp³-hybridized carbons (Fsp3) is 0.176. The maximum absolute atomic E-state index is 4.45. The Bertz CT molecular complexity index is 1050. The number of fused-ring (bicyclic) bond motifs is 3. The second-order valence-corrected chi connectivity index (χ2v) is 6.83. The second kappa shape index (κ2) is 6.01. The molecule has 0 radical (unpaired) electrons. The molecular weight excluding hydrogens is 320 g/mol. The number of benzene rings is 1. The van der Waals surface area contributed by atoms with Gasteiger partial charge in [-0.05, 0) is 43.2 Å². The van der Waals surface area contributed by atoms with Crippen molar-refractivity contribution in [3.8, 4) is 0 Å². The van der Waals surface area contributed by atoms with Crippen LogP contribution in [0.4, 0.5) is 5.95 Å². The molecule has 1 aromatic carbocycles. The minimum absolute atomic E-state index is 0.370. The molecule has 0 atom stereocenters. The van der Waals surface area contributed by atoms with E-state index in [0.717, 1.165) is 27.7 Å². The lowest BCUT2D eigenvalue weighted by molar-refractivity contribution is 1.01. The Morgan fingerprint density at radius 2 is 2.17 bits per heavy atom.